The van der Waals surface area contributed by atoms with E-state index >= 15 is 0 Å². The molecule has 9 nitrogen and oxygen atoms in total. The lowest BCUT2D eigenvalue weighted by Gasteiger charge is -2.07. The van der Waals surface area contributed by atoms with Gasteiger partial charge in [0.25, 0.3) is 0 Å². The van der Waals surface area contributed by atoms with Crippen LogP contribution in [-0.2, 0) is 17.8 Å². The van der Waals surface area contributed by atoms with Crippen molar-refractivity contribution in [2.75, 3.05) is 6.54 Å². The molecule has 0 aromatic carbocycles. The Hall–Kier alpha value is -2.45. The Balaban J connectivity index is 2.66. The van der Waals surface area contributed by atoms with Gasteiger partial charge in [-0.15, -0.1) is 5.10 Å². The van der Waals surface area contributed by atoms with Crippen molar-refractivity contribution in [2.45, 2.75) is 33.2 Å². The molecular formula is C11H17N5O4. The topological polar surface area (TPSA) is 126 Å². The van der Waals surface area contributed by atoms with Crippen molar-refractivity contribution in [3.63, 3.8) is 0 Å². The summed E-state index contributed by atoms with van der Waals surface area (Å²) in [6, 6.07) is -0.589. The second-order valence-corrected chi connectivity index (χ2v) is 4.01. The standard InChI is InChI=1S/C11H17N5O4/c1-3-5-12-11(20)13-8(17)6-16-7(4-2)9(10(18)19)14-15-16/h3-6H2,1-2H3,(H,18,19)(H2,12,13,17,20). The number of hydrogen-bond donors (Lipinski definition) is 3. The van der Waals surface area contributed by atoms with Gasteiger partial charge in [-0.3, -0.25) is 10.1 Å². The summed E-state index contributed by atoms with van der Waals surface area (Å²) < 4.78 is 1.17. The maximum atomic E-state index is 11.6. The minimum absolute atomic E-state index is 0.185. The van der Waals surface area contributed by atoms with E-state index in [-0.39, 0.29) is 12.2 Å². The molecule has 0 radical (unpaired) electrons. The maximum absolute atomic E-state index is 11.6. The molecule has 1 aromatic rings. The third-order valence-electron chi connectivity index (χ3n) is 2.46. The lowest BCUT2D eigenvalue weighted by Crippen LogP contribution is -2.41. The number of carboxylic acid groups (broad SMARTS) is 1. The fraction of sp³-hybridized carbons (Fsp3) is 0.545. The summed E-state index contributed by atoms with van der Waals surface area (Å²) >= 11 is 0. The monoisotopic (exact) mass is 283 g/mol. The molecule has 0 aliphatic rings. The van der Waals surface area contributed by atoms with Crippen LogP contribution in [0.3, 0.4) is 0 Å². The molecule has 1 rings (SSSR count). The van der Waals surface area contributed by atoms with Gasteiger partial charge in [0.2, 0.25) is 5.91 Å². The number of carbonyl (C=O) groups excluding carboxylic acids is 2. The third-order valence-corrected chi connectivity index (χ3v) is 2.46. The Morgan fingerprint density at radius 2 is 2.00 bits per heavy atom. The van der Waals surface area contributed by atoms with Crippen LogP contribution in [-0.4, -0.2) is 44.6 Å². The fourth-order valence-corrected chi connectivity index (χ4v) is 1.56. The van der Waals surface area contributed by atoms with Gasteiger partial charge in [0.1, 0.15) is 6.54 Å². The number of urea groups is 1. The largest absolute Gasteiger partial charge is 0.476 e. The van der Waals surface area contributed by atoms with Crippen LogP contribution in [0.25, 0.3) is 0 Å². The summed E-state index contributed by atoms with van der Waals surface area (Å²) in [6.07, 6.45) is 1.12. The predicted octanol–water partition coefficient (Wildman–Crippen LogP) is -0.225. The third kappa shape index (κ3) is 4.04. The van der Waals surface area contributed by atoms with Crippen LogP contribution in [0.15, 0.2) is 0 Å². The number of nitrogens with one attached hydrogen (secondary N) is 2. The first-order chi connectivity index (χ1) is 9.49. The van der Waals surface area contributed by atoms with Crippen molar-refractivity contribution < 1.29 is 19.5 Å². The van der Waals surface area contributed by atoms with E-state index in [2.05, 4.69) is 20.9 Å². The Kier molecular flexibility index (Phi) is 5.63. The number of aromatic carboxylic acids is 1. The molecule has 0 bridgehead atoms. The van der Waals surface area contributed by atoms with Crippen molar-refractivity contribution >= 4 is 17.9 Å². The number of nitrogens with zero attached hydrogens (tertiary/aromatic N) is 3. The number of rotatable bonds is 6. The summed E-state index contributed by atoms with van der Waals surface area (Å²) in [4.78, 5) is 33.8. The molecule has 110 valence electrons. The Labute approximate surface area is 115 Å². The van der Waals surface area contributed by atoms with E-state index in [9.17, 15) is 14.4 Å². The van der Waals surface area contributed by atoms with Crippen LogP contribution in [0.4, 0.5) is 4.79 Å². The highest BCUT2D eigenvalue weighted by molar-refractivity contribution is 5.94. The van der Waals surface area contributed by atoms with Gasteiger partial charge in [-0.05, 0) is 12.8 Å². The maximum Gasteiger partial charge on any atom is 0.358 e. The van der Waals surface area contributed by atoms with Crippen LogP contribution >= 0.6 is 0 Å². The van der Waals surface area contributed by atoms with Crippen LogP contribution in [0.2, 0.25) is 0 Å². The molecule has 3 amide bonds. The second-order valence-electron chi connectivity index (χ2n) is 4.01. The van der Waals surface area contributed by atoms with Gasteiger partial charge in [-0.2, -0.15) is 0 Å². The number of carbonyl (C=O) groups is 3. The van der Waals surface area contributed by atoms with Gasteiger partial charge in [-0.1, -0.05) is 19.1 Å². The SMILES string of the molecule is CCCNC(=O)NC(=O)Cn1nnc(C(=O)O)c1CC. The molecule has 9 heteroatoms. The summed E-state index contributed by atoms with van der Waals surface area (Å²) in [5.41, 5.74) is 0.150. The highest BCUT2D eigenvalue weighted by Crippen LogP contribution is 2.06. The lowest BCUT2D eigenvalue weighted by molar-refractivity contribution is -0.120. The lowest BCUT2D eigenvalue weighted by atomic mass is 10.2. The molecule has 0 aliphatic heterocycles. The van der Waals surface area contributed by atoms with E-state index in [4.69, 9.17) is 5.11 Å². The molecule has 20 heavy (non-hydrogen) atoms. The minimum Gasteiger partial charge on any atom is -0.476 e. The summed E-state index contributed by atoms with van der Waals surface area (Å²) in [6.45, 7) is 3.82. The van der Waals surface area contributed by atoms with Gasteiger partial charge in [0.05, 0.1) is 5.69 Å². The van der Waals surface area contributed by atoms with Crippen LogP contribution in [0.5, 0.6) is 0 Å². The van der Waals surface area contributed by atoms with Gasteiger partial charge in [0, 0.05) is 6.54 Å². The van der Waals surface area contributed by atoms with E-state index in [1.165, 1.54) is 4.68 Å². The summed E-state index contributed by atoms with van der Waals surface area (Å²) in [5, 5.41) is 20.6. The van der Waals surface area contributed by atoms with Gasteiger partial charge in [-0.25, -0.2) is 14.3 Å². The minimum atomic E-state index is -1.20. The normalized spacial score (nSPS) is 10.1. The molecule has 0 atom stereocenters. The Bertz CT molecular complexity index is 511. The van der Waals surface area contributed by atoms with E-state index in [0.717, 1.165) is 6.42 Å². The highest BCUT2D eigenvalue weighted by Gasteiger charge is 2.19. The van der Waals surface area contributed by atoms with Crippen molar-refractivity contribution in [1.82, 2.24) is 25.6 Å². The number of amides is 3. The average molecular weight is 283 g/mol. The fourth-order valence-electron chi connectivity index (χ4n) is 1.56. The first-order valence-electron chi connectivity index (χ1n) is 6.22. The number of hydrogen-bond acceptors (Lipinski definition) is 5. The summed E-state index contributed by atoms with van der Waals surface area (Å²) in [5.74, 6) is -1.79. The van der Waals surface area contributed by atoms with Crippen LogP contribution in [0, 0.1) is 0 Å². The molecule has 0 saturated heterocycles. The molecule has 0 unspecified atom stereocenters. The second kappa shape index (κ2) is 7.22. The van der Waals surface area contributed by atoms with Crippen LogP contribution in [0.1, 0.15) is 36.5 Å². The van der Waals surface area contributed by atoms with Gasteiger partial charge < -0.3 is 10.4 Å². The smallest absolute Gasteiger partial charge is 0.358 e. The zero-order valence-electron chi connectivity index (χ0n) is 11.3. The zero-order valence-corrected chi connectivity index (χ0v) is 11.3. The molecule has 0 aliphatic carbocycles. The summed E-state index contributed by atoms with van der Waals surface area (Å²) in [7, 11) is 0. The van der Waals surface area contributed by atoms with Crippen molar-refractivity contribution in [2.24, 2.45) is 0 Å². The molecule has 1 aromatic heterocycles. The van der Waals surface area contributed by atoms with Crippen molar-refractivity contribution in [1.29, 1.82) is 0 Å². The zero-order chi connectivity index (χ0) is 15.1. The molecular weight excluding hydrogens is 266 g/mol. The van der Waals surface area contributed by atoms with Crippen molar-refractivity contribution in [3.05, 3.63) is 11.4 Å². The number of imide groups is 1. The average Bonchev–Trinajstić information content (AvgIpc) is 2.78. The molecule has 3 N–H and O–H groups in total. The van der Waals surface area contributed by atoms with E-state index in [0.29, 0.717) is 18.7 Å². The number of carboxylic acids is 1. The Morgan fingerprint density at radius 1 is 1.30 bits per heavy atom. The quantitative estimate of drug-likeness (QED) is 0.662. The number of aromatic nitrogens is 3. The van der Waals surface area contributed by atoms with Crippen LogP contribution < -0.4 is 10.6 Å². The first kappa shape index (κ1) is 15.6. The van der Waals surface area contributed by atoms with E-state index in [1.54, 1.807) is 6.92 Å². The molecule has 1 heterocycles. The predicted molar refractivity (Wildman–Crippen MR) is 68.2 cm³/mol. The Morgan fingerprint density at radius 3 is 2.55 bits per heavy atom. The van der Waals surface area contributed by atoms with Crippen molar-refractivity contribution in [3.8, 4) is 0 Å². The molecule has 0 spiro atoms. The van der Waals surface area contributed by atoms with E-state index < -0.39 is 17.9 Å². The van der Waals surface area contributed by atoms with E-state index in [1.807, 2.05) is 6.92 Å². The molecule has 0 fully saturated rings. The molecule has 0 saturated carbocycles. The van der Waals surface area contributed by atoms with Gasteiger partial charge in [0.15, 0.2) is 5.69 Å². The highest BCUT2D eigenvalue weighted by atomic mass is 16.4. The van der Waals surface area contributed by atoms with Gasteiger partial charge >= 0.3 is 12.0 Å². The first-order valence-corrected chi connectivity index (χ1v) is 6.22.